The van der Waals surface area contributed by atoms with Crippen molar-refractivity contribution in [2.24, 2.45) is 17.8 Å². The topological polar surface area (TPSA) is 9.23 Å². The maximum absolute atomic E-state index is 5.34. The molecule has 0 spiro atoms. The zero-order valence-corrected chi connectivity index (χ0v) is 7.87. The molecule has 11 heavy (non-hydrogen) atoms. The first kappa shape index (κ1) is 8.79. The Kier molecular flexibility index (Phi) is 2.72. The fourth-order valence-electron chi connectivity index (χ4n) is 1.71. The first-order valence-electron chi connectivity index (χ1n) is 4.38. The van der Waals surface area contributed by atoms with E-state index in [0.29, 0.717) is 17.9 Å². The highest BCUT2D eigenvalue weighted by atomic mass is 16.5. The lowest BCUT2D eigenvalue weighted by Gasteiger charge is -2.33. The molecule has 1 rings (SSSR count). The molecular formula is C10H18O. The maximum atomic E-state index is 5.34. The van der Waals surface area contributed by atoms with Crippen LogP contribution in [-0.4, -0.2) is 13.2 Å². The van der Waals surface area contributed by atoms with E-state index in [1.165, 1.54) is 0 Å². The molecule has 0 amide bonds. The summed E-state index contributed by atoms with van der Waals surface area (Å²) in [6, 6.07) is 0. The lowest BCUT2D eigenvalue weighted by Crippen LogP contribution is -2.30. The normalized spacial score (nSPS) is 44.4. The molecule has 0 aromatic carbocycles. The first-order valence-corrected chi connectivity index (χ1v) is 4.38. The second kappa shape index (κ2) is 3.40. The van der Waals surface area contributed by atoms with E-state index in [0.717, 1.165) is 5.92 Å². The molecule has 1 nitrogen and oxygen atoms in total. The van der Waals surface area contributed by atoms with Crippen molar-refractivity contribution in [3.8, 4) is 0 Å². The molecule has 0 saturated heterocycles. The van der Waals surface area contributed by atoms with E-state index >= 15 is 0 Å². The second-order valence-electron chi connectivity index (χ2n) is 3.66. The van der Waals surface area contributed by atoms with E-state index < -0.39 is 0 Å². The SMILES string of the molecule is COC1C=CC(C)C(C)C1C. The molecule has 64 valence electrons. The molecule has 1 aliphatic rings. The van der Waals surface area contributed by atoms with Crippen LogP contribution >= 0.6 is 0 Å². The van der Waals surface area contributed by atoms with Crippen molar-refractivity contribution >= 4 is 0 Å². The summed E-state index contributed by atoms with van der Waals surface area (Å²) in [5.41, 5.74) is 0. The van der Waals surface area contributed by atoms with Crippen molar-refractivity contribution < 1.29 is 4.74 Å². The van der Waals surface area contributed by atoms with E-state index in [4.69, 9.17) is 4.74 Å². The molecule has 0 aromatic heterocycles. The van der Waals surface area contributed by atoms with Crippen LogP contribution in [0.3, 0.4) is 0 Å². The summed E-state index contributed by atoms with van der Waals surface area (Å²) in [6.45, 7) is 6.83. The van der Waals surface area contributed by atoms with E-state index in [-0.39, 0.29) is 0 Å². The molecular weight excluding hydrogens is 136 g/mol. The van der Waals surface area contributed by atoms with Crippen LogP contribution in [0.1, 0.15) is 20.8 Å². The smallest absolute Gasteiger partial charge is 0.0780 e. The van der Waals surface area contributed by atoms with Crippen LogP contribution in [-0.2, 0) is 4.74 Å². The molecule has 0 N–H and O–H groups in total. The van der Waals surface area contributed by atoms with Crippen molar-refractivity contribution in [1.82, 2.24) is 0 Å². The molecule has 0 saturated carbocycles. The Bertz CT molecular complexity index is 151. The molecule has 4 atom stereocenters. The Morgan fingerprint density at radius 1 is 1.00 bits per heavy atom. The molecule has 0 radical (unpaired) electrons. The van der Waals surface area contributed by atoms with Crippen LogP contribution in [0.25, 0.3) is 0 Å². The quantitative estimate of drug-likeness (QED) is 0.527. The molecule has 0 fully saturated rings. The molecule has 0 aliphatic heterocycles. The van der Waals surface area contributed by atoms with Gasteiger partial charge in [0.1, 0.15) is 0 Å². The van der Waals surface area contributed by atoms with Crippen molar-refractivity contribution in [2.45, 2.75) is 26.9 Å². The van der Waals surface area contributed by atoms with Crippen LogP contribution in [0.2, 0.25) is 0 Å². The van der Waals surface area contributed by atoms with Gasteiger partial charge < -0.3 is 4.74 Å². The van der Waals surface area contributed by atoms with Crippen LogP contribution in [0.5, 0.6) is 0 Å². The largest absolute Gasteiger partial charge is 0.377 e. The molecule has 0 heterocycles. The van der Waals surface area contributed by atoms with Gasteiger partial charge >= 0.3 is 0 Å². The Hall–Kier alpha value is -0.300. The highest BCUT2D eigenvalue weighted by molar-refractivity contribution is 5.03. The zero-order valence-electron chi connectivity index (χ0n) is 7.87. The fraction of sp³-hybridized carbons (Fsp3) is 0.800. The van der Waals surface area contributed by atoms with Gasteiger partial charge in [-0.1, -0.05) is 32.9 Å². The number of methoxy groups -OCH3 is 1. The lowest BCUT2D eigenvalue weighted by molar-refractivity contribution is 0.0566. The Morgan fingerprint density at radius 3 is 2.18 bits per heavy atom. The van der Waals surface area contributed by atoms with Crippen molar-refractivity contribution in [1.29, 1.82) is 0 Å². The average molecular weight is 154 g/mol. The molecule has 4 unspecified atom stereocenters. The lowest BCUT2D eigenvalue weighted by atomic mass is 9.77. The monoisotopic (exact) mass is 154 g/mol. The predicted octanol–water partition coefficient (Wildman–Crippen LogP) is 2.48. The average Bonchev–Trinajstić information content (AvgIpc) is 2.01. The van der Waals surface area contributed by atoms with Gasteiger partial charge in [0.15, 0.2) is 0 Å². The van der Waals surface area contributed by atoms with Gasteiger partial charge in [-0.3, -0.25) is 0 Å². The van der Waals surface area contributed by atoms with Gasteiger partial charge in [-0.25, -0.2) is 0 Å². The van der Waals surface area contributed by atoms with E-state index in [1.54, 1.807) is 7.11 Å². The highest BCUT2D eigenvalue weighted by Gasteiger charge is 2.27. The van der Waals surface area contributed by atoms with Crippen molar-refractivity contribution in [2.75, 3.05) is 7.11 Å². The van der Waals surface area contributed by atoms with Gasteiger partial charge in [0, 0.05) is 7.11 Å². The minimum Gasteiger partial charge on any atom is -0.377 e. The summed E-state index contributed by atoms with van der Waals surface area (Å²) in [5, 5.41) is 0. The number of ether oxygens (including phenoxy) is 1. The molecule has 0 bridgehead atoms. The second-order valence-corrected chi connectivity index (χ2v) is 3.66. The van der Waals surface area contributed by atoms with Crippen LogP contribution in [0, 0.1) is 17.8 Å². The molecule has 1 aliphatic carbocycles. The molecule has 1 heteroatoms. The van der Waals surface area contributed by atoms with Gasteiger partial charge in [0.2, 0.25) is 0 Å². The minimum atomic E-state index is 0.334. The van der Waals surface area contributed by atoms with Crippen LogP contribution < -0.4 is 0 Å². The zero-order chi connectivity index (χ0) is 8.43. The summed E-state index contributed by atoms with van der Waals surface area (Å²) in [5.74, 6) is 2.10. The third kappa shape index (κ3) is 1.64. The summed E-state index contributed by atoms with van der Waals surface area (Å²) in [4.78, 5) is 0. The fourth-order valence-corrected chi connectivity index (χ4v) is 1.71. The summed E-state index contributed by atoms with van der Waals surface area (Å²) >= 11 is 0. The third-order valence-electron chi connectivity index (χ3n) is 3.05. The Labute approximate surface area is 69.4 Å². The number of rotatable bonds is 1. The van der Waals surface area contributed by atoms with Crippen molar-refractivity contribution in [3.63, 3.8) is 0 Å². The standard InChI is InChI=1S/C10H18O/c1-7-5-6-10(11-4)9(3)8(7)2/h5-10H,1-4H3. The van der Waals surface area contributed by atoms with Gasteiger partial charge in [-0.2, -0.15) is 0 Å². The van der Waals surface area contributed by atoms with E-state index in [9.17, 15) is 0 Å². The first-order chi connectivity index (χ1) is 5.16. The summed E-state index contributed by atoms with van der Waals surface area (Å²) in [6.07, 6.45) is 4.79. The number of hydrogen-bond acceptors (Lipinski definition) is 1. The van der Waals surface area contributed by atoms with Gasteiger partial charge in [0.25, 0.3) is 0 Å². The van der Waals surface area contributed by atoms with E-state index in [2.05, 4.69) is 32.9 Å². The number of hydrogen-bond donors (Lipinski definition) is 0. The van der Waals surface area contributed by atoms with Crippen molar-refractivity contribution in [3.05, 3.63) is 12.2 Å². The third-order valence-corrected chi connectivity index (χ3v) is 3.05. The minimum absolute atomic E-state index is 0.334. The summed E-state index contributed by atoms with van der Waals surface area (Å²) in [7, 11) is 1.79. The van der Waals surface area contributed by atoms with Gasteiger partial charge in [-0.15, -0.1) is 0 Å². The van der Waals surface area contributed by atoms with Crippen LogP contribution in [0.4, 0.5) is 0 Å². The van der Waals surface area contributed by atoms with Crippen LogP contribution in [0.15, 0.2) is 12.2 Å². The van der Waals surface area contributed by atoms with Gasteiger partial charge in [0.05, 0.1) is 6.10 Å². The summed E-state index contributed by atoms with van der Waals surface area (Å²) < 4.78 is 5.34. The van der Waals surface area contributed by atoms with Gasteiger partial charge in [-0.05, 0) is 17.8 Å². The maximum Gasteiger partial charge on any atom is 0.0780 e. The predicted molar refractivity (Wildman–Crippen MR) is 47.4 cm³/mol. The number of allylic oxidation sites excluding steroid dienone is 1. The molecule has 0 aromatic rings. The Balaban J connectivity index is 2.68. The highest BCUT2D eigenvalue weighted by Crippen LogP contribution is 2.30. The Morgan fingerprint density at radius 2 is 1.64 bits per heavy atom. The van der Waals surface area contributed by atoms with E-state index in [1.807, 2.05) is 0 Å².